The van der Waals surface area contributed by atoms with Crippen LogP contribution in [-0.2, 0) is 18.1 Å². The van der Waals surface area contributed by atoms with Crippen molar-refractivity contribution in [3.63, 3.8) is 0 Å². The van der Waals surface area contributed by atoms with Crippen LogP contribution in [0.2, 0.25) is 29.2 Å². The van der Waals surface area contributed by atoms with Gasteiger partial charge < -0.3 is 13.3 Å². The molecule has 0 N–H and O–H groups in total. The quantitative estimate of drug-likeness (QED) is 0.251. The average Bonchev–Trinajstić information content (AvgIpc) is 2.64. The summed E-state index contributed by atoms with van der Waals surface area (Å²) in [5.41, 5.74) is 1.23. The second kappa shape index (κ2) is 14.0. The standard InChI is InChI=1S/C23H51NO4Si2/c1-12-22(10)27-29(11,26-14-3)17-15-16-24(13-2)18-23(25)28-30(19(4)5,20(6)7)21(8)9/h19-22H,12-18H2,1-11H3. The molecule has 0 spiro atoms. The van der Waals surface area contributed by atoms with Gasteiger partial charge in [-0.1, -0.05) is 55.4 Å². The van der Waals surface area contributed by atoms with Crippen molar-refractivity contribution in [3.8, 4) is 0 Å². The van der Waals surface area contributed by atoms with E-state index in [0.29, 0.717) is 29.8 Å². The maximum Gasteiger partial charge on any atom is 0.335 e. The molecule has 0 aromatic rings. The summed E-state index contributed by atoms with van der Waals surface area (Å²) >= 11 is 0. The zero-order valence-corrected chi connectivity index (χ0v) is 23.8. The lowest BCUT2D eigenvalue weighted by atomic mass is 10.3. The molecule has 0 saturated carbocycles. The van der Waals surface area contributed by atoms with Gasteiger partial charge in [-0.25, -0.2) is 0 Å². The van der Waals surface area contributed by atoms with Crippen molar-refractivity contribution in [3.05, 3.63) is 0 Å². The minimum Gasteiger partial charge on any atom is -0.517 e. The molecular formula is C23H51NO4Si2. The lowest BCUT2D eigenvalue weighted by Crippen LogP contribution is -2.50. The predicted molar refractivity (Wildman–Crippen MR) is 133 cm³/mol. The number of hydrogen-bond acceptors (Lipinski definition) is 5. The van der Waals surface area contributed by atoms with E-state index in [4.69, 9.17) is 13.3 Å². The molecule has 2 unspecified atom stereocenters. The molecule has 0 saturated heterocycles. The van der Waals surface area contributed by atoms with Crippen LogP contribution in [0.4, 0.5) is 0 Å². The van der Waals surface area contributed by atoms with Gasteiger partial charge in [0.05, 0.1) is 6.54 Å². The van der Waals surface area contributed by atoms with Gasteiger partial charge in [-0.2, -0.15) is 0 Å². The first-order valence-electron chi connectivity index (χ1n) is 12.1. The summed E-state index contributed by atoms with van der Waals surface area (Å²) < 4.78 is 18.7. The fourth-order valence-corrected chi connectivity index (χ4v) is 12.6. The second-order valence-electron chi connectivity index (χ2n) is 9.67. The molecule has 0 radical (unpaired) electrons. The molecule has 30 heavy (non-hydrogen) atoms. The van der Waals surface area contributed by atoms with E-state index in [1.807, 2.05) is 6.92 Å². The average molecular weight is 462 g/mol. The highest BCUT2D eigenvalue weighted by Crippen LogP contribution is 2.42. The largest absolute Gasteiger partial charge is 0.517 e. The van der Waals surface area contributed by atoms with Gasteiger partial charge in [0.1, 0.15) is 0 Å². The normalized spacial score (nSPS) is 15.8. The van der Waals surface area contributed by atoms with E-state index in [0.717, 1.165) is 32.0 Å². The summed E-state index contributed by atoms with van der Waals surface area (Å²) in [6.45, 7) is 26.6. The van der Waals surface area contributed by atoms with Gasteiger partial charge in [0.15, 0.2) is 0 Å². The van der Waals surface area contributed by atoms with Crippen LogP contribution in [-0.4, -0.2) is 60.1 Å². The minimum atomic E-state index is -2.17. The van der Waals surface area contributed by atoms with Crippen LogP contribution in [0.1, 0.15) is 82.1 Å². The molecule has 2 atom stereocenters. The molecule has 5 nitrogen and oxygen atoms in total. The van der Waals surface area contributed by atoms with Crippen molar-refractivity contribution >= 4 is 22.8 Å². The van der Waals surface area contributed by atoms with Gasteiger partial charge in [-0.15, -0.1) is 0 Å². The van der Waals surface area contributed by atoms with Crippen LogP contribution in [0.25, 0.3) is 0 Å². The van der Waals surface area contributed by atoms with Gasteiger partial charge in [-0.05, 0) is 69.0 Å². The van der Waals surface area contributed by atoms with E-state index in [9.17, 15) is 4.79 Å². The van der Waals surface area contributed by atoms with E-state index in [1.165, 1.54) is 0 Å². The molecule has 0 aromatic heterocycles. The first-order chi connectivity index (χ1) is 13.9. The first-order valence-corrected chi connectivity index (χ1v) is 16.8. The van der Waals surface area contributed by atoms with Crippen molar-refractivity contribution in [2.45, 2.75) is 117 Å². The molecule has 180 valence electrons. The molecule has 0 aliphatic heterocycles. The molecule has 0 heterocycles. The predicted octanol–water partition coefficient (Wildman–Crippen LogP) is 6.34. The highest BCUT2D eigenvalue weighted by molar-refractivity contribution is 6.78. The Hall–Kier alpha value is -0.216. The first kappa shape index (κ1) is 29.8. The molecular weight excluding hydrogens is 410 g/mol. The molecule has 0 fully saturated rings. The number of carbonyl (C=O) groups is 1. The molecule has 0 aliphatic carbocycles. The van der Waals surface area contributed by atoms with Crippen molar-refractivity contribution in [1.29, 1.82) is 0 Å². The third-order valence-corrected chi connectivity index (χ3v) is 15.4. The van der Waals surface area contributed by atoms with Gasteiger partial charge in [0.2, 0.25) is 0 Å². The van der Waals surface area contributed by atoms with E-state index < -0.39 is 16.9 Å². The fourth-order valence-electron chi connectivity index (χ4n) is 4.72. The Morgan fingerprint density at radius 1 is 0.933 bits per heavy atom. The van der Waals surface area contributed by atoms with Gasteiger partial charge in [-0.3, -0.25) is 9.69 Å². The Morgan fingerprint density at radius 3 is 1.87 bits per heavy atom. The lowest BCUT2D eigenvalue weighted by molar-refractivity contribution is -0.137. The number of hydrogen-bond donors (Lipinski definition) is 0. The van der Waals surface area contributed by atoms with Gasteiger partial charge in [0, 0.05) is 12.7 Å². The van der Waals surface area contributed by atoms with Crippen molar-refractivity contribution in [2.75, 3.05) is 26.2 Å². The number of nitrogens with zero attached hydrogens (tertiary/aromatic N) is 1. The Morgan fingerprint density at radius 2 is 1.47 bits per heavy atom. The monoisotopic (exact) mass is 461 g/mol. The van der Waals surface area contributed by atoms with E-state index in [2.05, 4.69) is 73.8 Å². The van der Waals surface area contributed by atoms with Crippen LogP contribution in [0, 0.1) is 0 Å². The summed E-state index contributed by atoms with van der Waals surface area (Å²) in [5, 5.41) is 0. The SMILES string of the molecule is CCO[Si](C)(CCCN(CC)CC(=O)O[Si](C(C)C)(C(C)C)C(C)C)OC(C)CC. The molecule has 7 heteroatoms. The van der Waals surface area contributed by atoms with E-state index in [1.54, 1.807) is 0 Å². The van der Waals surface area contributed by atoms with Gasteiger partial charge >= 0.3 is 14.5 Å². The van der Waals surface area contributed by atoms with E-state index in [-0.39, 0.29) is 12.1 Å². The Kier molecular flexibility index (Phi) is 13.9. The molecule has 0 aliphatic rings. The molecule has 0 bridgehead atoms. The summed E-state index contributed by atoms with van der Waals surface area (Å²) in [5.74, 6) is -0.0553. The number of rotatable bonds is 16. The van der Waals surface area contributed by atoms with Crippen molar-refractivity contribution in [1.82, 2.24) is 4.90 Å². The second-order valence-corrected chi connectivity index (χ2v) is 18.3. The smallest absolute Gasteiger partial charge is 0.335 e. The molecule has 0 amide bonds. The van der Waals surface area contributed by atoms with Crippen LogP contribution in [0.5, 0.6) is 0 Å². The summed E-state index contributed by atoms with van der Waals surface area (Å²) in [4.78, 5) is 15.1. The maximum absolute atomic E-state index is 12.9. The topological polar surface area (TPSA) is 48.0 Å². The summed E-state index contributed by atoms with van der Waals surface area (Å²) in [7, 11) is -4.35. The minimum absolute atomic E-state index is 0.0553. The summed E-state index contributed by atoms with van der Waals surface area (Å²) in [6.07, 6.45) is 2.20. The third kappa shape index (κ3) is 9.11. The van der Waals surface area contributed by atoms with Crippen molar-refractivity contribution < 1.29 is 18.1 Å². The molecule has 0 rings (SSSR count). The Balaban J connectivity index is 4.94. The van der Waals surface area contributed by atoms with Crippen LogP contribution < -0.4 is 0 Å². The Labute approximate surface area is 189 Å². The van der Waals surface area contributed by atoms with Crippen LogP contribution >= 0.6 is 0 Å². The number of likely N-dealkylation sites (N-methyl/N-ethyl adjacent to an activating group) is 1. The van der Waals surface area contributed by atoms with Crippen LogP contribution in [0.3, 0.4) is 0 Å². The third-order valence-electron chi connectivity index (χ3n) is 6.38. The van der Waals surface area contributed by atoms with Gasteiger partial charge in [0.25, 0.3) is 8.32 Å². The van der Waals surface area contributed by atoms with E-state index >= 15 is 0 Å². The zero-order chi connectivity index (χ0) is 23.5. The Bertz CT molecular complexity index is 466. The zero-order valence-electron chi connectivity index (χ0n) is 21.8. The fraction of sp³-hybridized carbons (Fsp3) is 0.957. The highest BCUT2D eigenvalue weighted by Gasteiger charge is 2.48. The highest BCUT2D eigenvalue weighted by atomic mass is 28.4. The van der Waals surface area contributed by atoms with Crippen LogP contribution in [0.15, 0.2) is 0 Å². The van der Waals surface area contributed by atoms with Crippen molar-refractivity contribution in [2.24, 2.45) is 0 Å². The lowest BCUT2D eigenvalue weighted by Gasteiger charge is -2.41. The molecule has 0 aromatic carbocycles. The summed E-state index contributed by atoms with van der Waals surface area (Å²) in [6, 6.07) is 0.944. The maximum atomic E-state index is 12.9. The number of carbonyl (C=O) groups excluding carboxylic acids is 1.